The van der Waals surface area contributed by atoms with Gasteiger partial charge in [-0.2, -0.15) is 0 Å². The fraction of sp³-hybridized carbons (Fsp3) is 0.462. The number of hydrogen-bond acceptors (Lipinski definition) is 4. The van der Waals surface area contributed by atoms with Crippen LogP contribution in [0, 0.1) is 27.8 Å². The van der Waals surface area contributed by atoms with E-state index in [9.17, 15) is 19.3 Å². The molecule has 2 atom stereocenters. The molecule has 1 aliphatic rings. The number of carbonyl (C=O) groups is 1. The number of aliphatic carboxylic acids is 1. The lowest BCUT2D eigenvalue weighted by Gasteiger charge is -2.15. The SMILES string of the molecule is CC1CN(Cc2cc(F)ccc2[N+](=O)[O-])CC1C(=O)O. The first-order valence-corrected chi connectivity index (χ1v) is 6.26. The molecule has 0 spiro atoms. The molecule has 0 radical (unpaired) electrons. The van der Waals surface area contributed by atoms with Crippen LogP contribution in [0.1, 0.15) is 12.5 Å². The number of carboxylic acids is 1. The molecule has 1 fully saturated rings. The lowest BCUT2D eigenvalue weighted by molar-refractivity contribution is -0.385. The van der Waals surface area contributed by atoms with Crippen LogP contribution in [0.2, 0.25) is 0 Å². The predicted octanol–water partition coefficient (Wildman–Crippen LogP) is 1.89. The first kappa shape index (κ1) is 14.4. The largest absolute Gasteiger partial charge is 0.481 e. The molecule has 2 unspecified atom stereocenters. The van der Waals surface area contributed by atoms with Crippen molar-refractivity contribution in [3.05, 3.63) is 39.7 Å². The lowest BCUT2D eigenvalue weighted by atomic mass is 9.99. The number of rotatable bonds is 4. The molecule has 0 bridgehead atoms. The highest BCUT2D eigenvalue weighted by Crippen LogP contribution is 2.27. The van der Waals surface area contributed by atoms with Gasteiger partial charge in [-0.1, -0.05) is 6.92 Å². The van der Waals surface area contributed by atoms with Gasteiger partial charge in [0.2, 0.25) is 0 Å². The molecule has 0 amide bonds. The van der Waals surface area contributed by atoms with Crippen molar-refractivity contribution in [3.63, 3.8) is 0 Å². The van der Waals surface area contributed by atoms with Gasteiger partial charge in [0.25, 0.3) is 5.69 Å². The fourth-order valence-electron chi connectivity index (χ4n) is 2.62. The van der Waals surface area contributed by atoms with E-state index in [2.05, 4.69) is 0 Å². The Morgan fingerprint density at radius 3 is 2.80 bits per heavy atom. The second-order valence-electron chi connectivity index (χ2n) is 5.15. The molecule has 1 aromatic rings. The topological polar surface area (TPSA) is 83.7 Å². The normalized spacial score (nSPS) is 22.9. The maximum absolute atomic E-state index is 13.2. The fourth-order valence-corrected chi connectivity index (χ4v) is 2.62. The molecular formula is C13H15FN2O4. The van der Waals surface area contributed by atoms with Crippen molar-refractivity contribution in [1.82, 2.24) is 4.90 Å². The highest BCUT2D eigenvalue weighted by Gasteiger charge is 2.35. The molecule has 7 heteroatoms. The van der Waals surface area contributed by atoms with Crippen LogP contribution in [0.5, 0.6) is 0 Å². The van der Waals surface area contributed by atoms with Crippen LogP contribution in [0.3, 0.4) is 0 Å². The molecule has 108 valence electrons. The molecular weight excluding hydrogens is 267 g/mol. The zero-order valence-electron chi connectivity index (χ0n) is 11.0. The monoisotopic (exact) mass is 282 g/mol. The van der Waals surface area contributed by atoms with E-state index in [1.165, 1.54) is 0 Å². The van der Waals surface area contributed by atoms with E-state index >= 15 is 0 Å². The summed E-state index contributed by atoms with van der Waals surface area (Å²) >= 11 is 0. The van der Waals surface area contributed by atoms with E-state index < -0.39 is 22.6 Å². The minimum atomic E-state index is -0.867. The van der Waals surface area contributed by atoms with Crippen molar-refractivity contribution in [2.75, 3.05) is 13.1 Å². The third kappa shape index (κ3) is 2.93. The summed E-state index contributed by atoms with van der Waals surface area (Å²) < 4.78 is 13.2. The van der Waals surface area contributed by atoms with Gasteiger partial charge >= 0.3 is 5.97 Å². The number of nitrogens with zero attached hydrogens (tertiary/aromatic N) is 2. The quantitative estimate of drug-likeness (QED) is 0.673. The number of likely N-dealkylation sites (tertiary alicyclic amines) is 1. The summed E-state index contributed by atoms with van der Waals surface area (Å²) in [7, 11) is 0. The zero-order valence-corrected chi connectivity index (χ0v) is 11.0. The minimum Gasteiger partial charge on any atom is -0.481 e. The average Bonchev–Trinajstić information content (AvgIpc) is 2.70. The predicted molar refractivity (Wildman–Crippen MR) is 68.6 cm³/mol. The Hall–Kier alpha value is -2.02. The van der Waals surface area contributed by atoms with Crippen LogP contribution in [0.4, 0.5) is 10.1 Å². The molecule has 20 heavy (non-hydrogen) atoms. The van der Waals surface area contributed by atoms with Crippen molar-refractivity contribution in [3.8, 4) is 0 Å². The van der Waals surface area contributed by atoms with Crippen molar-refractivity contribution in [1.29, 1.82) is 0 Å². The maximum atomic E-state index is 13.2. The van der Waals surface area contributed by atoms with Crippen LogP contribution in [-0.2, 0) is 11.3 Å². The van der Waals surface area contributed by atoms with Gasteiger partial charge in [0, 0.05) is 31.3 Å². The van der Waals surface area contributed by atoms with Gasteiger partial charge in [-0.25, -0.2) is 4.39 Å². The van der Waals surface area contributed by atoms with Gasteiger partial charge < -0.3 is 5.11 Å². The number of nitro benzene ring substituents is 1. The summed E-state index contributed by atoms with van der Waals surface area (Å²) in [5.74, 6) is -1.91. The van der Waals surface area contributed by atoms with E-state index in [0.717, 1.165) is 18.2 Å². The summed E-state index contributed by atoms with van der Waals surface area (Å²) in [5, 5.41) is 20.0. The molecule has 1 aliphatic heterocycles. The standard InChI is InChI=1S/C13H15FN2O4/c1-8-5-15(7-11(8)13(17)18)6-9-4-10(14)2-3-12(9)16(19)20/h2-4,8,11H,5-7H2,1H3,(H,17,18). The van der Waals surface area contributed by atoms with Gasteiger partial charge in [-0.3, -0.25) is 19.8 Å². The second kappa shape index (κ2) is 5.54. The summed E-state index contributed by atoms with van der Waals surface area (Å²) in [6, 6.07) is 3.32. The summed E-state index contributed by atoms with van der Waals surface area (Å²) in [5.41, 5.74) is 0.131. The third-order valence-electron chi connectivity index (χ3n) is 3.64. The van der Waals surface area contributed by atoms with Crippen molar-refractivity contribution in [2.45, 2.75) is 13.5 Å². The average molecular weight is 282 g/mol. The Balaban J connectivity index is 2.17. The highest BCUT2D eigenvalue weighted by atomic mass is 19.1. The molecule has 1 aromatic carbocycles. The Bertz CT molecular complexity index is 549. The van der Waals surface area contributed by atoms with E-state index in [1.54, 1.807) is 0 Å². The van der Waals surface area contributed by atoms with Crippen LogP contribution >= 0.6 is 0 Å². The van der Waals surface area contributed by atoms with Crippen LogP contribution < -0.4 is 0 Å². The highest BCUT2D eigenvalue weighted by molar-refractivity contribution is 5.71. The molecule has 0 saturated carbocycles. The van der Waals surface area contributed by atoms with Crippen molar-refractivity contribution < 1.29 is 19.2 Å². The van der Waals surface area contributed by atoms with Gasteiger partial charge in [-0.15, -0.1) is 0 Å². The summed E-state index contributed by atoms with van der Waals surface area (Å²) in [4.78, 5) is 23.2. The maximum Gasteiger partial charge on any atom is 0.308 e. The number of nitro groups is 1. The molecule has 0 aliphatic carbocycles. The Morgan fingerprint density at radius 2 is 2.25 bits per heavy atom. The third-order valence-corrected chi connectivity index (χ3v) is 3.64. The summed E-state index contributed by atoms with van der Waals surface area (Å²) in [6.07, 6.45) is 0. The molecule has 1 N–H and O–H groups in total. The van der Waals surface area contributed by atoms with Gasteiger partial charge in [-0.05, 0) is 18.1 Å². The lowest BCUT2D eigenvalue weighted by Crippen LogP contribution is -2.23. The van der Waals surface area contributed by atoms with E-state index in [4.69, 9.17) is 5.11 Å². The smallest absolute Gasteiger partial charge is 0.308 e. The van der Waals surface area contributed by atoms with E-state index in [1.807, 2.05) is 11.8 Å². The van der Waals surface area contributed by atoms with Crippen LogP contribution in [0.25, 0.3) is 0 Å². The molecule has 1 saturated heterocycles. The van der Waals surface area contributed by atoms with Crippen molar-refractivity contribution >= 4 is 11.7 Å². The zero-order chi connectivity index (χ0) is 14.9. The molecule has 6 nitrogen and oxygen atoms in total. The second-order valence-corrected chi connectivity index (χ2v) is 5.15. The number of benzene rings is 1. The van der Waals surface area contributed by atoms with Crippen LogP contribution in [0.15, 0.2) is 18.2 Å². The molecule has 1 heterocycles. The van der Waals surface area contributed by atoms with Gasteiger partial charge in [0.05, 0.1) is 10.8 Å². The number of hydrogen-bond donors (Lipinski definition) is 1. The number of halogens is 1. The minimum absolute atomic E-state index is 0.0277. The van der Waals surface area contributed by atoms with Gasteiger partial charge in [0.1, 0.15) is 5.82 Å². The van der Waals surface area contributed by atoms with Gasteiger partial charge in [0.15, 0.2) is 0 Å². The Labute approximate surface area is 115 Å². The molecule has 2 rings (SSSR count). The first-order chi connectivity index (χ1) is 9.38. The molecule has 0 aromatic heterocycles. The van der Waals surface area contributed by atoms with E-state index in [0.29, 0.717) is 13.1 Å². The summed E-state index contributed by atoms with van der Waals surface area (Å²) in [6.45, 7) is 2.87. The number of carboxylic acid groups (broad SMARTS) is 1. The Morgan fingerprint density at radius 1 is 1.55 bits per heavy atom. The van der Waals surface area contributed by atoms with Crippen molar-refractivity contribution in [2.24, 2.45) is 11.8 Å². The van der Waals surface area contributed by atoms with E-state index in [-0.39, 0.29) is 23.7 Å². The Kier molecular flexibility index (Phi) is 3.99. The van der Waals surface area contributed by atoms with Crippen LogP contribution in [-0.4, -0.2) is 34.0 Å². The first-order valence-electron chi connectivity index (χ1n) is 6.26.